The predicted octanol–water partition coefficient (Wildman–Crippen LogP) is 1.17. The molecule has 4 heteroatoms. The van der Waals surface area contributed by atoms with Crippen LogP contribution < -0.4 is 0 Å². The number of hydrogen-bond acceptors (Lipinski definition) is 3. The maximum atomic E-state index is 12.3. The largest absolute Gasteiger partial charge is 0.394 e. The number of rotatable bonds is 4. The van der Waals surface area contributed by atoms with Crippen molar-refractivity contribution in [2.45, 2.75) is 51.2 Å². The van der Waals surface area contributed by atoms with E-state index < -0.39 is 5.60 Å². The Morgan fingerprint density at radius 3 is 2.75 bits per heavy atom. The average molecular weight is 229 g/mol. The first-order valence-corrected chi connectivity index (χ1v) is 6.06. The van der Waals surface area contributed by atoms with Gasteiger partial charge in [-0.15, -0.1) is 0 Å². The van der Waals surface area contributed by atoms with E-state index in [0.29, 0.717) is 6.42 Å². The van der Waals surface area contributed by atoms with E-state index in [-0.39, 0.29) is 18.6 Å². The fourth-order valence-electron chi connectivity index (χ4n) is 2.14. The highest BCUT2D eigenvalue weighted by atomic mass is 16.5. The number of carbonyl (C=O) groups is 1. The molecule has 0 saturated carbocycles. The van der Waals surface area contributed by atoms with Crippen molar-refractivity contribution in [1.82, 2.24) is 4.90 Å². The highest BCUT2D eigenvalue weighted by Crippen LogP contribution is 2.24. The van der Waals surface area contributed by atoms with E-state index in [9.17, 15) is 9.90 Å². The van der Waals surface area contributed by atoms with Gasteiger partial charge in [0.1, 0.15) is 5.60 Å². The Morgan fingerprint density at radius 1 is 1.56 bits per heavy atom. The fraction of sp³-hybridized carbons (Fsp3) is 0.917. The lowest BCUT2D eigenvalue weighted by Crippen LogP contribution is -2.54. The van der Waals surface area contributed by atoms with Crippen LogP contribution in [0.1, 0.15) is 39.5 Å². The van der Waals surface area contributed by atoms with Crippen LogP contribution in [-0.4, -0.2) is 47.8 Å². The van der Waals surface area contributed by atoms with Crippen LogP contribution in [0.2, 0.25) is 0 Å². The summed E-state index contributed by atoms with van der Waals surface area (Å²) < 4.78 is 5.32. The molecule has 0 aromatic heterocycles. The lowest BCUT2D eigenvalue weighted by atomic mass is 9.96. The van der Waals surface area contributed by atoms with Gasteiger partial charge in [0.15, 0.2) is 0 Å². The molecule has 0 spiro atoms. The molecule has 1 amide bonds. The van der Waals surface area contributed by atoms with Crippen LogP contribution in [0.3, 0.4) is 0 Å². The first-order valence-electron chi connectivity index (χ1n) is 6.06. The maximum absolute atomic E-state index is 12.3. The van der Waals surface area contributed by atoms with Crippen molar-refractivity contribution in [2.24, 2.45) is 0 Å². The maximum Gasteiger partial charge on any atom is 0.254 e. The summed E-state index contributed by atoms with van der Waals surface area (Å²) in [6.07, 6.45) is 3.65. The Hall–Kier alpha value is -0.610. The number of carbonyl (C=O) groups excluding carboxylic acids is 1. The molecule has 0 aliphatic carbocycles. The van der Waals surface area contributed by atoms with E-state index in [2.05, 4.69) is 0 Å². The number of ether oxygens (including phenoxy) is 1. The first kappa shape index (κ1) is 13.5. The lowest BCUT2D eigenvalue weighted by molar-refractivity contribution is -0.158. The molecule has 1 aliphatic heterocycles. The molecule has 2 unspecified atom stereocenters. The number of nitrogens with zero attached hydrogens (tertiary/aromatic N) is 1. The molecular weight excluding hydrogens is 206 g/mol. The van der Waals surface area contributed by atoms with Crippen molar-refractivity contribution >= 4 is 5.91 Å². The van der Waals surface area contributed by atoms with Crippen molar-refractivity contribution < 1.29 is 14.6 Å². The summed E-state index contributed by atoms with van der Waals surface area (Å²) in [6.45, 7) is 4.55. The molecule has 2 atom stereocenters. The van der Waals surface area contributed by atoms with E-state index in [1.165, 1.54) is 0 Å². The number of aliphatic hydroxyl groups is 1. The summed E-state index contributed by atoms with van der Waals surface area (Å²) in [5.74, 6) is 0.0104. The van der Waals surface area contributed by atoms with E-state index in [1.54, 1.807) is 12.0 Å². The molecule has 0 bridgehead atoms. The normalized spacial score (nSPS) is 25.2. The third-order valence-electron chi connectivity index (χ3n) is 3.68. The second-order valence-electron chi connectivity index (χ2n) is 4.62. The van der Waals surface area contributed by atoms with Crippen molar-refractivity contribution in [3.63, 3.8) is 0 Å². The quantitative estimate of drug-likeness (QED) is 0.787. The van der Waals surface area contributed by atoms with Crippen LogP contribution in [0, 0.1) is 0 Å². The molecule has 1 fully saturated rings. The van der Waals surface area contributed by atoms with Crippen LogP contribution in [0.5, 0.6) is 0 Å². The van der Waals surface area contributed by atoms with Gasteiger partial charge < -0.3 is 14.7 Å². The van der Waals surface area contributed by atoms with Gasteiger partial charge in [0.2, 0.25) is 0 Å². The van der Waals surface area contributed by atoms with E-state index >= 15 is 0 Å². The highest BCUT2D eigenvalue weighted by Gasteiger charge is 2.38. The molecule has 0 radical (unpaired) electrons. The molecule has 94 valence electrons. The topological polar surface area (TPSA) is 49.8 Å². The highest BCUT2D eigenvalue weighted by molar-refractivity contribution is 5.85. The molecule has 1 aliphatic rings. The first-order chi connectivity index (χ1) is 7.59. The average Bonchev–Trinajstić information content (AvgIpc) is 2.36. The van der Waals surface area contributed by atoms with E-state index in [1.807, 2.05) is 13.8 Å². The number of piperidine rings is 1. The van der Waals surface area contributed by atoms with Gasteiger partial charge in [-0.1, -0.05) is 6.92 Å². The molecular formula is C12H23NO3. The van der Waals surface area contributed by atoms with Gasteiger partial charge in [-0.3, -0.25) is 4.79 Å². The molecule has 1 saturated heterocycles. The SMILES string of the molecule is CCC(C)(OC)C(=O)N1CCCCC1CO. The summed E-state index contributed by atoms with van der Waals surface area (Å²) in [7, 11) is 1.57. The van der Waals surface area contributed by atoms with Crippen molar-refractivity contribution in [3.8, 4) is 0 Å². The summed E-state index contributed by atoms with van der Waals surface area (Å²) in [4.78, 5) is 14.1. The minimum atomic E-state index is -0.745. The van der Waals surface area contributed by atoms with E-state index in [4.69, 9.17) is 4.74 Å². The zero-order chi connectivity index (χ0) is 12.2. The zero-order valence-electron chi connectivity index (χ0n) is 10.5. The Bertz CT molecular complexity index is 238. The molecule has 1 rings (SSSR count). The lowest BCUT2D eigenvalue weighted by Gasteiger charge is -2.39. The zero-order valence-corrected chi connectivity index (χ0v) is 10.5. The van der Waals surface area contributed by atoms with Gasteiger partial charge in [0, 0.05) is 13.7 Å². The summed E-state index contributed by atoms with van der Waals surface area (Å²) in [5.41, 5.74) is -0.745. The van der Waals surface area contributed by atoms with Gasteiger partial charge in [-0.05, 0) is 32.6 Å². The van der Waals surface area contributed by atoms with Crippen molar-refractivity contribution in [1.29, 1.82) is 0 Å². The molecule has 0 aromatic carbocycles. The third-order valence-corrected chi connectivity index (χ3v) is 3.68. The van der Waals surface area contributed by atoms with Crippen LogP contribution in [0.4, 0.5) is 0 Å². The number of methoxy groups -OCH3 is 1. The van der Waals surface area contributed by atoms with Gasteiger partial charge in [0.25, 0.3) is 5.91 Å². The second-order valence-corrected chi connectivity index (χ2v) is 4.62. The van der Waals surface area contributed by atoms with Gasteiger partial charge in [-0.2, -0.15) is 0 Å². The minimum Gasteiger partial charge on any atom is -0.394 e. The van der Waals surface area contributed by atoms with Crippen LogP contribution in [-0.2, 0) is 9.53 Å². The number of likely N-dealkylation sites (tertiary alicyclic amines) is 1. The summed E-state index contributed by atoms with van der Waals surface area (Å²) >= 11 is 0. The van der Waals surface area contributed by atoms with Crippen molar-refractivity contribution in [2.75, 3.05) is 20.3 Å². The monoisotopic (exact) mass is 229 g/mol. The Morgan fingerprint density at radius 2 is 2.25 bits per heavy atom. The predicted molar refractivity (Wildman–Crippen MR) is 62.1 cm³/mol. The molecule has 1 N–H and O–H groups in total. The standard InChI is InChI=1S/C12H23NO3/c1-4-12(2,16-3)11(15)13-8-6-5-7-10(13)9-14/h10,14H,4-9H2,1-3H3. The smallest absolute Gasteiger partial charge is 0.254 e. The number of aliphatic hydroxyl groups excluding tert-OH is 1. The Balaban J connectivity index is 2.77. The number of amides is 1. The third kappa shape index (κ3) is 2.55. The number of hydrogen-bond donors (Lipinski definition) is 1. The van der Waals surface area contributed by atoms with Gasteiger partial charge in [-0.25, -0.2) is 0 Å². The van der Waals surface area contributed by atoms with Gasteiger partial charge >= 0.3 is 0 Å². The van der Waals surface area contributed by atoms with Crippen molar-refractivity contribution in [3.05, 3.63) is 0 Å². The summed E-state index contributed by atoms with van der Waals surface area (Å²) in [5, 5.41) is 9.29. The molecule has 1 heterocycles. The van der Waals surface area contributed by atoms with Crippen LogP contribution in [0.25, 0.3) is 0 Å². The van der Waals surface area contributed by atoms with Crippen LogP contribution >= 0.6 is 0 Å². The molecule has 16 heavy (non-hydrogen) atoms. The molecule has 4 nitrogen and oxygen atoms in total. The van der Waals surface area contributed by atoms with Crippen LogP contribution in [0.15, 0.2) is 0 Å². The molecule has 0 aromatic rings. The Labute approximate surface area is 97.6 Å². The summed E-state index contributed by atoms with van der Waals surface area (Å²) in [6, 6.07) is -0.0257. The second kappa shape index (κ2) is 5.64. The van der Waals surface area contributed by atoms with E-state index in [0.717, 1.165) is 25.8 Å². The Kier molecular flexibility index (Phi) is 4.74. The van der Waals surface area contributed by atoms with Gasteiger partial charge in [0.05, 0.1) is 12.6 Å². The minimum absolute atomic E-state index is 0.0104. The fourth-order valence-corrected chi connectivity index (χ4v) is 2.14.